The van der Waals surface area contributed by atoms with E-state index in [-0.39, 0.29) is 9.79 Å². The van der Waals surface area contributed by atoms with Gasteiger partial charge in [0.25, 0.3) is 0 Å². The Morgan fingerprint density at radius 1 is 1.00 bits per heavy atom. The quantitative estimate of drug-likeness (QED) is 0.821. The molecular weight excluding hydrogens is 262 g/mol. The van der Waals surface area contributed by atoms with Gasteiger partial charge in [0.15, 0.2) is 9.84 Å². The van der Waals surface area contributed by atoms with Crippen molar-refractivity contribution in [1.29, 1.82) is 0 Å². The van der Waals surface area contributed by atoms with Gasteiger partial charge in [-0.25, -0.2) is 22.0 Å². The van der Waals surface area contributed by atoms with E-state index in [1.807, 2.05) is 0 Å². The van der Waals surface area contributed by atoms with Gasteiger partial charge in [-0.1, -0.05) is 18.7 Å². The summed E-state index contributed by atoms with van der Waals surface area (Å²) < 4.78 is 45.2. The Hall–Kier alpha value is -1.44. The molecule has 1 rings (SSSR count). The molecule has 0 fully saturated rings. The summed E-state index contributed by atoms with van der Waals surface area (Å²) in [6, 6.07) is 4.65. The highest BCUT2D eigenvalue weighted by Gasteiger charge is 2.12. The summed E-state index contributed by atoms with van der Waals surface area (Å²) in [5.41, 5.74) is 0. The number of nitrogens with two attached hydrogens (primary N) is 1. The average Bonchev–Trinajstić information content (AvgIpc) is 2.25. The van der Waals surface area contributed by atoms with Crippen molar-refractivity contribution < 1.29 is 16.8 Å². The van der Waals surface area contributed by atoms with Gasteiger partial charge in [0.1, 0.15) is 0 Å². The van der Waals surface area contributed by atoms with Crippen LogP contribution in [0.15, 0.2) is 58.2 Å². The van der Waals surface area contributed by atoms with Crippen molar-refractivity contribution in [2.75, 3.05) is 0 Å². The molecule has 0 unspecified atom stereocenters. The summed E-state index contributed by atoms with van der Waals surface area (Å²) in [5.74, 6) is 0. The summed E-state index contributed by atoms with van der Waals surface area (Å²) in [6.07, 6.45) is 2.61. The molecule has 0 aliphatic heterocycles. The number of hydrogen-bond donors (Lipinski definition) is 1. The Kier molecular flexibility index (Phi) is 3.87. The van der Waals surface area contributed by atoms with E-state index in [9.17, 15) is 16.8 Å². The van der Waals surface area contributed by atoms with Crippen LogP contribution in [0.2, 0.25) is 0 Å². The molecule has 7 heteroatoms. The number of rotatable bonds is 4. The number of benzene rings is 1. The second-order valence-electron chi connectivity index (χ2n) is 3.13. The van der Waals surface area contributed by atoms with Crippen molar-refractivity contribution in [2.24, 2.45) is 5.14 Å². The lowest BCUT2D eigenvalue weighted by molar-refractivity contribution is 0.596. The molecule has 1 aromatic rings. The van der Waals surface area contributed by atoms with Crippen molar-refractivity contribution in [3.63, 3.8) is 0 Å². The predicted octanol–water partition coefficient (Wildman–Crippen LogP) is 0.807. The zero-order chi connectivity index (χ0) is 13.1. The van der Waals surface area contributed by atoms with Crippen molar-refractivity contribution >= 4 is 19.9 Å². The van der Waals surface area contributed by atoms with Crippen LogP contribution in [-0.2, 0) is 19.9 Å². The van der Waals surface area contributed by atoms with E-state index in [1.165, 1.54) is 24.3 Å². The van der Waals surface area contributed by atoms with Gasteiger partial charge < -0.3 is 0 Å². The third kappa shape index (κ3) is 3.52. The number of primary sulfonamides is 1. The van der Waals surface area contributed by atoms with Crippen molar-refractivity contribution in [1.82, 2.24) is 0 Å². The zero-order valence-electron chi connectivity index (χ0n) is 8.78. The molecule has 0 saturated heterocycles. The van der Waals surface area contributed by atoms with Crippen molar-refractivity contribution in [3.8, 4) is 0 Å². The first-order valence-electron chi connectivity index (χ1n) is 4.44. The standard InChI is InChI=1S/C10H11NO4S2/c1-2-3-8-16(12,13)9-4-6-10(7-5-9)17(11,14)15/h2-8H,1H2,(H2,11,14,15)/b8-3+. The molecule has 0 aliphatic carbocycles. The van der Waals surface area contributed by atoms with Crippen LogP contribution < -0.4 is 5.14 Å². The first kappa shape index (κ1) is 13.6. The van der Waals surface area contributed by atoms with Crippen LogP contribution in [0, 0.1) is 0 Å². The van der Waals surface area contributed by atoms with Crippen LogP contribution >= 0.6 is 0 Å². The highest BCUT2D eigenvalue weighted by atomic mass is 32.2. The highest BCUT2D eigenvalue weighted by Crippen LogP contribution is 2.15. The molecule has 0 radical (unpaired) electrons. The van der Waals surface area contributed by atoms with Gasteiger partial charge in [0, 0.05) is 5.41 Å². The van der Waals surface area contributed by atoms with Gasteiger partial charge in [0.2, 0.25) is 10.0 Å². The minimum absolute atomic E-state index is 0.0111. The number of allylic oxidation sites excluding steroid dienone is 2. The number of sulfonamides is 1. The number of sulfone groups is 1. The molecule has 92 valence electrons. The SMILES string of the molecule is C=C/C=C/S(=O)(=O)c1ccc(S(N)(=O)=O)cc1. The number of hydrogen-bond acceptors (Lipinski definition) is 4. The fraction of sp³-hybridized carbons (Fsp3) is 0. The minimum atomic E-state index is -3.81. The summed E-state index contributed by atoms with van der Waals surface area (Å²) in [6.45, 7) is 3.36. The topological polar surface area (TPSA) is 94.3 Å². The Balaban J connectivity index is 3.21. The normalized spacial score (nSPS) is 12.8. The second-order valence-corrected chi connectivity index (χ2v) is 6.52. The molecule has 2 N–H and O–H groups in total. The van der Waals surface area contributed by atoms with Gasteiger partial charge in [-0.05, 0) is 24.3 Å². The molecule has 1 aromatic carbocycles. The third-order valence-electron chi connectivity index (χ3n) is 1.87. The van der Waals surface area contributed by atoms with Crippen molar-refractivity contribution in [3.05, 3.63) is 48.4 Å². The van der Waals surface area contributed by atoms with Crippen LogP contribution in [0.25, 0.3) is 0 Å². The summed E-state index contributed by atoms with van der Waals surface area (Å²) in [4.78, 5) is -0.146. The van der Waals surface area contributed by atoms with Crippen LogP contribution in [0.3, 0.4) is 0 Å². The molecule has 0 atom stereocenters. The molecule has 0 amide bonds. The van der Waals surface area contributed by atoms with Gasteiger partial charge >= 0.3 is 0 Å². The van der Waals surface area contributed by atoms with Crippen LogP contribution in [0.4, 0.5) is 0 Å². The molecule has 0 bridgehead atoms. The summed E-state index contributed by atoms with van der Waals surface area (Å²) >= 11 is 0. The molecule has 0 aromatic heterocycles. The lowest BCUT2D eigenvalue weighted by Gasteiger charge is -2.01. The lowest BCUT2D eigenvalue weighted by Crippen LogP contribution is -2.12. The van der Waals surface area contributed by atoms with Gasteiger partial charge in [-0.15, -0.1) is 0 Å². The zero-order valence-corrected chi connectivity index (χ0v) is 10.4. The molecular formula is C10H11NO4S2. The van der Waals surface area contributed by atoms with E-state index >= 15 is 0 Å². The Bertz CT molecular complexity index is 640. The fourth-order valence-electron chi connectivity index (χ4n) is 1.06. The maximum Gasteiger partial charge on any atom is 0.238 e. The molecule has 0 spiro atoms. The van der Waals surface area contributed by atoms with Crippen LogP contribution in [0.1, 0.15) is 0 Å². The van der Waals surface area contributed by atoms with Crippen LogP contribution in [0.5, 0.6) is 0 Å². The molecule has 5 nitrogen and oxygen atoms in total. The molecule has 0 saturated carbocycles. The smallest absolute Gasteiger partial charge is 0.225 e. The summed E-state index contributed by atoms with van der Waals surface area (Å²) in [7, 11) is -7.38. The minimum Gasteiger partial charge on any atom is -0.225 e. The van der Waals surface area contributed by atoms with Gasteiger partial charge in [-0.3, -0.25) is 0 Å². The maximum atomic E-state index is 11.6. The van der Waals surface area contributed by atoms with Gasteiger partial charge in [-0.2, -0.15) is 0 Å². The Morgan fingerprint density at radius 2 is 1.47 bits per heavy atom. The third-order valence-corrected chi connectivity index (χ3v) is 4.25. The highest BCUT2D eigenvalue weighted by molar-refractivity contribution is 7.94. The maximum absolute atomic E-state index is 11.6. The first-order valence-corrected chi connectivity index (χ1v) is 7.54. The largest absolute Gasteiger partial charge is 0.238 e. The Morgan fingerprint density at radius 3 is 1.88 bits per heavy atom. The predicted molar refractivity (Wildman–Crippen MR) is 64.3 cm³/mol. The monoisotopic (exact) mass is 273 g/mol. The first-order chi connectivity index (χ1) is 7.77. The fourth-order valence-corrected chi connectivity index (χ4v) is 2.56. The molecule has 0 heterocycles. The second kappa shape index (κ2) is 4.82. The lowest BCUT2D eigenvalue weighted by atomic mass is 10.4. The van der Waals surface area contributed by atoms with E-state index in [0.29, 0.717) is 0 Å². The van der Waals surface area contributed by atoms with Crippen molar-refractivity contribution in [2.45, 2.75) is 9.79 Å². The van der Waals surface area contributed by atoms with E-state index in [0.717, 1.165) is 17.5 Å². The molecule has 17 heavy (non-hydrogen) atoms. The average molecular weight is 273 g/mol. The van der Waals surface area contributed by atoms with Gasteiger partial charge in [0.05, 0.1) is 9.79 Å². The van der Waals surface area contributed by atoms with Crippen LogP contribution in [-0.4, -0.2) is 16.8 Å². The molecule has 0 aliphatic rings. The van der Waals surface area contributed by atoms with E-state index < -0.39 is 19.9 Å². The van der Waals surface area contributed by atoms with E-state index in [4.69, 9.17) is 5.14 Å². The van der Waals surface area contributed by atoms with E-state index in [1.54, 1.807) is 0 Å². The Labute approximate surface area is 100 Å². The van der Waals surface area contributed by atoms with E-state index in [2.05, 4.69) is 6.58 Å². The summed E-state index contributed by atoms with van der Waals surface area (Å²) in [5, 5.41) is 5.87.